The molecule has 2 nitrogen and oxygen atoms in total. The van der Waals surface area contributed by atoms with E-state index < -0.39 is 0 Å². The van der Waals surface area contributed by atoms with Crippen LogP contribution in [-0.4, -0.2) is 31.1 Å². The summed E-state index contributed by atoms with van der Waals surface area (Å²) in [6.45, 7) is 11.9. The van der Waals surface area contributed by atoms with E-state index in [1.807, 2.05) is 0 Å². The number of nitrogens with one attached hydrogen (secondary N) is 1. The average Bonchev–Trinajstić information content (AvgIpc) is 2.49. The van der Waals surface area contributed by atoms with Crippen molar-refractivity contribution in [3.63, 3.8) is 0 Å². The van der Waals surface area contributed by atoms with Crippen molar-refractivity contribution in [3.8, 4) is 0 Å². The van der Waals surface area contributed by atoms with Crippen LogP contribution in [0.1, 0.15) is 51.6 Å². The molecule has 0 radical (unpaired) electrons. The quantitative estimate of drug-likeness (QED) is 0.813. The molecular weight excluding hydrogens is 256 g/mol. The molecule has 0 aliphatic carbocycles. The lowest BCUT2D eigenvalue weighted by Crippen LogP contribution is -2.41. The minimum atomic E-state index is 0.549. The summed E-state index contributed by atoms with van der Waals surface area (Å²) in [5.74, 6) is 1.46. The Morgan fingerprint density at radius 2 is 2.00 bits per heavy atom. The van der Waals surface area contributed by atoms with Crippen molar-refractivity contribution in [1.29, 1.82) is 0 Å². The van der Waals surface area contributed by atoms with Crippen LogP contribution < -0.4 is 5.32 Å². The Labute approximate surface area is 130 Å². The highest BCUT2D eigenvalue weighted by molar-refractivity contribution is 5.19. The molecule has 2 unspecified atom stereocenters. The fourth-order valence-electron chi connectivity index (χ4n) is 3.71. The average molecular weight is 288 g/mol. The van der Waals surface area contributed by atoms with Gasteiger partial charge in [-0.2, -0.15) is 0 Å². The fraction of sp³-hybridized carbons (Fsp3) is 0.684. The van der Waals surface area contributed by atoms with Crippen LogP contribution in [0, 0.1) is 11.8 Å². The van der Waals surface area contributed by atoms with Crippen LogP contribution in [0.25, 0.3) is 0 Å². The molecule has 2 heteroatoms. The van der Waals surface area contributed by atoms with Crippen molar-refractivity contribution in [2.75, 3.05) is 26.2 Å². The smallest absolute Gasteiger partial charge is 0.0371 e. The summed E-state index contributed by atoms with van der Waals surface area (Å²) in [5, 5.41) is 3.56. The molecule has 0 saturated carbocycles. The number of benzene rings is 1. The van der Waals surface area contributed by atoms with Gasteiger partial charge in [-0.25, -0.2) is 0 Å². The van der Waals surface area contributed by atoms with Gasteiger partial charge in [0.25, 0.3) is 0 Å². The zero-order chi connectivity index (χ0) is 15.1. The van der Waals surface area contributed by atoms with E-state index in [4.69, 9.17) is 0 Å². The molecule has 1 aromatic carbocycles. The van der Waals surface area contributed by atoms with Gasteiger partial charge < -0.3 is 5.32 Å². The van der Waals surface area contributed by atoms with E-state index in [0.29, 0.717) is 12.0 Å². The van der Waals surface area contributed by atoms with E-state index in [0.717, 1.165) is 5.92 Å². The second-order valence-corrected chi connectivity index (χ2v) is 6.81. The third-order valence-corrected chi connectivity index (χ3v) is 4.57. The van der Waals surface area contributed by atoms with Gasteiger partial charge in [0.1, 0.15) is 0 Å². The lowest BCUT2D eigenvalue weighted by Gasteiger charge is -2.38. The van der Waals surface area contributed by atoms with E-state index in [1.54, 1.807) is 0 Å². The Bertz CT molecular complexity index is 382. The summed E-state index contributed by atoms with van der Waals surface area (Å²) < 4.78 is 0. The molecule has 1 aliphatic heterocycles. The molecule has 0 spiro atoms. The van der Waals surface area contributed by atoms with Crippen molar-refractivity contribution in [2.24, 2.45) is 11.8 Å². The maximum absolute atomic E-state index is 3.56. The first-order valence-corrected chi connectivity index (χ1v) is 8.72. The summed E-state index contributed by atoms with van der Waals surface area (Å²) >= 11 is 0. The third-order valence-electron chi connectivity index (χ3n) is 4.57. The van der Waals surface area contributed by atoms with Gasteiger partial charge in [0.15, 0.2) is 0 Å². The molecule has 1 heterocycles. The SMILES string of the molecule is CCCN(CC1CCCNC1)C(c1ccccc1)C(C)C. The first-order valence-electron chi connectivity index (χ1n) is 8.72. The maximum atomic E-state index is 3.56. The monoisotopic (exact) mass is 288 g/mol. The van der Waals surface area contributed by atoms with Crippen molar-refractivity contribution in [2.45, 2.75) is 46.1 Å². The molecule has 21 heavy (non-hydrogen) atoms. The molecule has 0 aromatic heterocycles. The van der Waals surface area contributed by atoms with Crippen LogP contribution in [0.4, 0.5) is 0 Å². The Morgan fingerprint density at radius 3 is 2.57 bits per heavy atom. The first-order chi connectivity index (χ1) is 10.2. The first kappa shape index (κ1) is 16.5. The third kappa shape index (κ3) is 4.82. The van der Waals surface area contributed by atoms with Crippen LogP contribution >= 0.6 is 0 Å². The minimum Gasteiger partial charge on any atom is -0.316 e. The van der Waals surface area contributed by atoms with Gasteiger partial charge in [0, 0.05) is 12.6 Å². The highest BCUT2D eigenvalue weighted by atomic mass is 15.2. The van der Waals surface area contributed by atoms with E-state index in [1.165, 1.54) is 51.0 Å². The van der Waals surface area contributed by atoms with Crippen LogP contribution in [-0.2, 0) is 0 Å². The molecule has 2 atom stereocenters. The summed E-state index contributed by atoms with van der Waals surface area (Å²) in [6.07, 6.45) is 3.95. The van der Waals surface area contributed by atoms with Gasteiger partial charge in [-0.1, -0.05) is 51.1 Å². The lowest BCUT2D eigenvalue weighted by atomic mass is 9.91. The maximum Gasteiger partial charge on any atom is 0.0371 e. The second-order valence-electron chi connectivity index (χ2n) is 6.81. The molecule has 118 valence electrons. The van der Waals surface area contributed by atoms with E-state index in [-0.39, 0.29) is 0 Å². The van der Waals surface area contributed by atoms with Gasteiger partial charge in [-0.05, 0) is 56.3 Å². The normalized spacial score (nSPS) is 20.9. The number of hydrogen-bond acceptors (Lipinski definition) is 2. The van der Waals surface area contributed by atoms with Gasteiger partial charge in [-0.15, -0.1) is 0 Å². The fourth-order valence-corrected chi connectivity index (χ4v) is 3.71. The molecule has 1 fully saturated rings. The van der Waals surface area contributed by atoms with Crippen molar-refractivity contribution in [1.82, 2.24) is 10.2 Å². The number of piperidine rings is 1. The zero-order valence-corrected chi connectivity index (χ0v) is 14.0. The topological polar surface area (TPSA) is 15.3 Å². The number of rotatable bonds is 7. The van der Waals surface area contributed by atoms with Crippen molar-refractivity contribution in [3.05, 3.63) is 35.9 Å². The predicted octanol–water partition coefficient (Wildman–Crippen LogP) is 4.10. The van der Waals surface area contributed by atoms with Gasteiger partial charge in [-0.3, -0.25) is 4.90 Å². The zero-order valence-electron chi connectivity index (χ0n) is 14.0. The summed E-state index contributed by atoms with van der Waals surface area (Å²) in [5.41, 5.74) is 1.48. The van der Waals surface area contributed by atoms with E-state index in [9.17, 15) is 0 Å². The van der Waals surface area contributed by atoms with Crippen molar-refractivity contribution < 1.29 is 0 Å². The van der Waals surface area contributed by atoms with E-state index in [2.05, 4.69) is 61.3 Å². The van der Waals surface area contributed by atoms with Crippen LogP contribution in [0.2, 0.25) is 0 Å². The molecule has 1 aromatic rings. The highest BCUT2D eigenvalue weighted by Crippen LogP contribution is 2.30. The Kier molecular flexibility index (Phi) is 6.72. The lowest BCUT2D eigenvalue weighted by molar-refractivity contribution is 0.122. The van der Waals surface area contributed by atoms with Gasteiger partial charge >= 0.3 is 0 Å². The van der Waals surface area contributed by atoms with Crippen LogP contribution in [0.5, 0.6) is 0 Å². The minimum absolute atomic E-state index is 0.549. The molecule has 2 rings (SSSR count). The highest BCUT2D eigenvalue weighted by Gasteiger charge is 2.26. The number of hydrogen-bond donors (Lipinski definition) is 1. The van der Waals surface area contributed by atoms with Crippen LogP contribution in [0.3, 0.4) is 0 Å². The van der Waals surface area contributed by atoms with Crippen LogP contribution in [0.15, 0.2) is 30.3 Å². The summed E-state index contributed by atoms with van der Waals surface area (Å²) in [6, 6.07) is 11.6. The predicted molar refractivity (Wildman–Crippen MR) is 91.5 cm³/mol. The molecule has 0 amide bonds. The molecular formula is C19H32N2. The Hall–Kier alpha value is -0.860. The largest absolute Gasteiger partial charge is 0.316 e. The van der Waals surface area contributed by atoms with Crippen molar-refractivity contribution >= 4 is 0 Å². The standard InChI is InChI=1S/C19H32N2/c1-4-13-21(15-17-9-8-12-20-14-17)19(16(2)3)18-10-6-5-7-11-18/h5-7,10-11,16-17,19-20H,4,8-9,12-15H2,1-3H3. The Morgan fingerprint density at radius 1 is 1.24 bits per heavy atom. The van der Waals surface area contributed by atoms with E-state index >= 15 is 0 Å². The van der Waals surface area contributed by atoms with Gasteiger partial charge in [0.2, 0.25) is 0 Å². The number of nitrogens with zero attached hydrogens (tertiary/aromatic N) is 1. The molecule has 1 N–H and O–H groups in total. The van der Waals surface area contributed by atoms with Gasteiger partial charge in [0.05, 0.1) is 0 Å². The Balaban J connectivity index is 2.12. The molecule has 1 saturated heterocycles. The summed E-state index contributed by atoms with van der Waals surface area (Å²) in [4.78, 5) is 2.73. The summed E-state index contributed by atoms with van der Waals surface area (Å²) in [7, 11) is 0. The molecule has 1 aliphatic rings. The second kappa shape index (κ2) is 8.55. The molecule has 0 bridgehead atoms.